The summed E-state index contributed by atoms with van der Waals surface area (Å²) in [6, 6.07) is 9.56. The zero-order valence-electron chi connectivity index (χ0n) is 15.1. The predicted octanol–water partition coefficient (Wildman–Crippen LogP) is 2.20. The highest BCUT2D eigenvalue weighted by atomic mass is 16.5. The molecule has 1 aromatic heterocycles. The minimum Gasteiger partial charge on any atom is -0.375 e. The van der Waals surface area contributed by atoms with E-state index < -0.39 is 0 Å². The third kappa shape index (κ3) is 3.97. The molecule has 0 bridgehead atoms. The van der Waals surface area contributed by atoms with Crippen LogP contribution in [0.2, 0.25) is 0 Å². The van der Waals surface area contributed by atoms with Gasteiger partial charge in [-0.1, -0.05) is 6.07 Å². The van der Waals surface area contributed by atoms with Gasteiger partial charge in [-0.25, -0.2) is 4.68 Å². The van der Waals surface area contributed by atoms with Crippen LogP contribution in [0.15, 0.2) is 42.7 Å². The number of benzene rings is 1. The molecule has 2 aliphatic rings. The summed E-state index contributed by atoms with van der Waals surface area (Å²) in [4.78, 5) is 17.5. The van der Waals surface area contributed by atoms with Gasteiger partial charge >= 0.3 is 0 Å². The number of amides is 1. The molecule has 0 spiro atoms. The van der Waals surface area contributed by atoms with Crippen LogP contribution in [0.1, 0.15) is 29.6 Å². The van der Waals surface area contributed by atoms with Gasteiger partial charge in [0, 0.05) is 44.2 Å². The Balaban J connectivity index is 1.46. The first-order valence-electron chi connectivity index (χ1n) is 9.53. The van der Waals surface area contributed by atoms with Crippen LogP contribution in [0.25, 0.3) is 5.69 Å². The molecule has 4 rings (SSSR count). The number of carbonyl (C=O) groups excluding carboxylic acids is 1. The number of likely N-dealkylation sites (tertiary alicyclic amines) is 1. The van der Waals surface area contributed by atoms with Gasteiger partial charge in [0.2, 0.25) is 0 Å². The van der Waals surface area contributed by atoms with E-state index in [1.165, 1.54) is 12.8 Å². The van der Waals surface area contributed by atoms with E-state index in [-0.39, 0.29) is 12.0 Å². The molecular formula is C20H26N4O2. The van der Waals surface area contributed by atoms with Crippen LogP contribution in [0, 0.1) is 0 Å². The molecule has 3 heterocycles. The Morgan fingerprint density at radius 1 is 1.15 bits per heavy atom. The summed E-state index contributed by atoms with van der Waals surface area (Å²) in [5.41, 5.74) is 1.61. The van der Waals surface area contributed by atoms with E-state index in [9.17, 15) is 4.79 Å². The molecule has 2 aliphatic heterocycles. The lowest BCUT2D eigenvalue weighted by Crippen LogP contribution is -2.41. The second kappa shape index (κ2) is 8.01. The molecule has 6 heteroatoms. The summed E-state index contributed by atoms with van der Waals surface area (Å²) in [5, 5.41) is 4.25. The summed E-state index contributed by atoms with van der Waals surface area (Å²) in [5.74, 6) is 0.0796. The standard InChI is InChI=1S/C20H26N4O2/c25-20(17-6-3-7-18(14-17)24-12-4-8-21-24)23-11-5-13-26-19(16-23)15-22-9-1-2-10-22/h3-4,6-8,12,14,19H,1-2,5,9-11,13,15-16H2/t19-/m0/s1. The largest absolute Gasteiger partial charge is 0.375 e. The molecular weight excluding hydrogens is 328 g/mol. The first-order chi connectivity index (χ1) is 12.8. The fourth-order valence-corrected chi connectivity index (χ4v) is 3.83. The van der Waals surface area contributed by atoms with Crippen LogP contribution < -0.4 is 0 Å². The van der Waals surface area contributed by atoms with Crippen molar-refractivity contribution >= 4 is 5.91 Å². The molecule has 2 fully saturated rings. The second-order valence-electron chi connectivity index (χ2n) is 7.11. The van der Waals surface area contributed by atoms with Crippen LogP contribution in [0.4, 0.5) is 0 Å². The van der Waals surface area contributed by atoms with Gasteiger partial charge in [0.1, 0.15) is 0 Å². The van der Waals surface area contributed by atoms with Gasteiger partial charge in [0.25, 0.3) is 5.91 Å². The molecule has 2 saturated heterocycles. The Labute approximate surface area is 154 Å². The van der Waals surface area contributed by atoms with Crippen molar-refractivity contribution < 1.29 is 9.53 Å². The van der Waals surface area contributed by atoms with Crippen LogP contribution in [0.5, 0.6) is 0 Å². The quantitative estimate of drug-likeness (QED) is 0.845. The zero-order valence-corrected chi connectivity index (χ0v) is 15.1. The van der Waals surface area contributed by atoms with E-state index in [0.717, 1.165) is 44.9 Å². The first kappa shape index (κ1) is 17.2. The predicted molar refractivity (Wildman–Crippen MR) is 99.5 cm³/mol. The Morgan fingerprint density at radius 3 is 2.85 bits per heavy atom. The Hall–Kier alpha value is -2.18. The van der Waals surface area contributed by atoms with E-state index >= 15 is 0 Å². The zero-order chi connectivity index (χ0) is 17.8. The number of aromatic nitrogens is 2. The van der Waals surface area contributed by atoms with Crippen molar-refractivity contribution in [2.75, 3.05) is 39.3 Å². The van der Waals surface area contributed by atoms with Crippen LogP contribution in [-0.4, -0.2) is 70.9 Å². The lowest BCUT2D eigenvalue weighted by molar-refractivity contribution is 0.0297. The second-order valence-corrected chi connectivity index (χ2v) is 7.11. The maximum absolute atomic E-state index is 13.1. The van der Waals surface area contributed by atoms with Crippen LogP contribution >= 0.6 is 0 Å². The third-order valence-corrected chi connectivity index (χ3v) is 5.16. The van der Waals surface area contributed by atoms with Crippen LogP contribution in [-0.2, 0) is 4.74 Å². The fourth-order valence-electron chi connectivity index (χ4n) is 3.83. The molecule has 6 nitrogen and oxygen atoms in total. The maximum atomic E-state index is 13.1. The highest BCUT2D eigenvalue weighted by Gasteiger charge is 2.26. The molecule has 1 aromatic carbocycles. The molecule has 0 N–H and O–H groups in total. The number of carbonyl (C=O) groups is 1. The lowest BCUT2D eigenvalue weighted by Gasteiger charge is -2.27. The Bertz CT molecular complexity index is 725. The number of hydrogen-bond acceptors (Lipinski definition) is 4. The normalized spacial score (nSPS) is 21.7. The van der Waals surface area contributed by atoms with E-state index in [2.05, 4.69) is 10.00 Å². The molecule has 0 radical (unpaired) electrons. The van der Waals surface area contributed by atoms with Gasteiger partial charge in [-0.05, 0) is 56.6 Å². The summed E-state index contributed by atoms with van der Waals surface area (Å²) < 4.78 is 7.79. The number of rotatable bonds is 4. The van der Waals surface area contributed by atoms with E-state index in [1.54, 1.807) is 10.9 Å². The summed E-state index contributed by atoms with van der Waals surface area (Å²) in [6.45, 7) is 5.38. The van der Waals surface area contributed by atoms with Crippen molar-refractivity contribution in [2.45, 2.75) is 25.4 Å². The van der Waals surface area contributed by atoms with E-state index in [0.29, 0.717) is 12.1 Å². The molecule has 1 amide bonds. The minimum atomic E-state index is 0.0796. The third-order valence-electron chi connectivity index (χ3n) is 5.16. The summed E-state index contributed by atoms with van der Waals surface area (Å²) >= 11 is 0. The minimum absolute atomic E-state index is 0.0796. The van der Waals surface area contributed by atoms with Crippen LogP contribution in [0.3, 0.4) is 0 Å². The van der Waals surface area contributed by atoms with Gasteiger partial charge in [0.15, 0.2) is 0 Å². The van der Waals surface area contributed by atoms with E-state index in [1.807, 2.05) is 41.4 Å². The van der Waals surface area contributed by atoms with Gasteiger partial charge in [-0.2, -0.15) is 5.10 Å². The molecule has 0 aliphatic carbocycles. The Morgan fingerprint density at radius 2 is 2.04 bits per heavy atom. The molecule has 26 heavy (non-hydrogen) atoms. The van der Waals surface area contributed by atoms with Crippen molar-refractivity contribution in [1.29, 1.82) is 0 Å². The molecule has 1 atom stereocenters. The number of nitrogens with zero attached hydrogens (tertiary/aromatic N) is 4. The van der Waals surface area contributed by atoms with Crippen molar-refractivity contribution in [2.24, 2.45) is 0 Å². The van der Waals surface area contributed by atoms with Crippen molar-refractivity contribution in [3.05, 3.63) is 48.3 Å². The summed E-state index contributed by atoms with van der Waals surface area (Å²) in [6.07, 6.45) is 7.17. The van der Waals surface area contributed by atoms with Gasteiger partial charge in [-0.3, -0.25) is 4.79 Å². The van der Waals surface area contributed by atoms with Crippen molar-refractivity contribution in [1.82, 2.24) is 19.6 Å². The highest BCUT2D eigenvalue weighted by molar-refractivity contribution is 5.94. The lowest BCUT2D eigenvalue weighted by atomic mass is 10.1. The molecule has 0 unspecified atom stereocenters. The van der Waals surface area contributed by atoms with Crippen molar-refractivity contribution in [3.8, 4) is 5.69 Å². The average molecular weight is 354 g/mol. The molecule has 138 valence electrons. The monoisotopic (exact) mass is 354 g/mol. The van der Waals surface area contributed by atoms with Gasteiger partial charge in [0.05, 0.1) is 11.8 Å². The van der Waals surface area contributed by atoms with Gasteiger partial charge < -0.3 is 14.5 Å². The number of ether oxygens (including phenoxy) is 1. The van der Waals surface area contributed by atoms with Crippen molar-refractivity contribution in [3.63, 3.8) is 0 Å². The smallest absolute Gasteiger partial charge is 0.254 e. The van der Waals surface area contributed by atoms with Gasteiger partial charge in [-0.15, -0.1) is 0 Å². The topological polar surface area (TPSA) is 50.6 Å². The average Bonchev–Trinajstić information content (AvgIpc) is 3.33. The Kier molecular flexibility index (Phi) is 5.32. The van der Waals surface area contributed by atoms with E-state index in [4.69, 9.17) is 4.74 Å². The fraction of sp³-hybridized carbons (Fsp3) is 0.500. The SMILES string of the molecule is O=C(c1cccc(-n2cccn2)c1)N1CCCO[C@@H](CN2CCCC2)C1. The number of hydrogen-bond donors (Lipinski definition) is 0. The highest BCUT2D eigenvalue weighted by Crippen LogP contribution is 2.16. The first-order valence-corrected chi connectivity index (χ1v) is 9.53. The molecule has 0 saturated carbocycles. The maximum Gasteiger partial charge on any atom is 0.254 e. The molecule has 2 aromatic rings. The summed E-state index contributed by atoms with van der Waals surface area (Å²) in [7, 11) is 0.